The molecule has 2 rings (SSSR count). The van der Waals surface area contributed by atoms with E-state index in [1.165, 1.54) is 0 Å². The first-order chi connectivity index (χ1) is 10.1. The third kappa shape index (κ3) is 4.04. The molecule has 0 atom stereocenters. The topological polar surface area (TPSA) is 49.9 Å². The van der Waals surface area contributed by atoms with Crippen molar-refractivity contribution in [1.82, 2.24) is 9.80 Å². The van der Waals surface area contributed by atoms with Gasteiger partial charge in [0.1, 0.15) is 0 Å². The van der Waals surface area contributed by atoms with E-state index >= 15 is 0 Å². The molecule has 1 aromatic carbocycles. The average Bonchev–Trinajstić information content (AvgIpc) is 2.90. The molecule has 0 bridgehead atoms. The van der Waals surface area contributed by atoms with Crippen molar-refractivity contribution in [3.8, 4) is 0 Å². The molecule has 114 valence electrons. The standard InChI is InChI=1S/C16H22N2O3/c1-17(10-11-18-9-3-4-15(18)19)16(20)14-7-5-13(6-8-14)12-21-2/h5-8H,3-4,9-12H2,1-2H3. The van der Waals surface area contributed by atoms with Gasteiger partial charge in [0.25, 0.3) is 5.91 Å². The van der Waals surface area contributed by atoms with Crippen LogP contribution in [0.25, 0.3) is 0 Å². The minimum atomic E-state index is -0.0226. The number of carbonyl (C=O) groups is 2. The highest BCUT2D eigenvalue weighted by molar-refractivity contribution is 5.94. The highest BCUT2D eigenvalue weighted by atomic mass is 16.5. The third-order valence-corrected chi connectivity index (χ3v) is 3.74. The summed E-state index contributed by atoms with van der Waals surface area (Å²) in [6.07, 6.45) is 1.57. The van der Waals surface area contributed by atoms with Gasteiger partial charge < -0.3 is 14.5 Å². The molecule has 0 unspecified atom stereocenters. The van der Waals surface area contributed by atoms with Gasteiger partial charge >= 0.3 is 0 Å². The van der Waals surface area contributed by atoms with Crippen LogP contribution in [0, 0.1) is 0 Å². The van der Waals surface area contributed by atoms with Gasteiger partial charge in [-0.25, -0.2) is 0 Å². The molecule has 2 amide bonds. The molecule has 5 heteroatoms. The van der Waals surface area contributed by atoms with E-state index in [0.29, 0.717) is 31.7 Å². The van der Waals surface area contributed by atoms with Gasteiger partial charge in [0.2, 0.25) is 5.91 Å². The molecule has 5 nitrogen and oxygen atoms in total. The molecule has 0 spiro atoms. The van der Waals surface area contributed by atoms with E-state index < -0.39 is 0 Å². The molecule has 0 aromatic heterocycles. The fourth-order valence-corrected chi connectivity index (χ4v) is 2.44. The zero-order valence-corrected chi connectivity index (χ0v) is 12.7. The van der Waals surface area contributed by atoms with Gasteiger partial charge in [-0.2, -0.15) is 0 Å². The average molecular weight is 290 g/mol. The fourth-order valence-electron chi connectivity index (χ4n) is 2.44. The summed E-state index contributed by atoms with van der Waals surface area (Å²) in [4.78, 5) is 27.3. The number of likely N-dealkylation sites (tertiary alicyclic amines) is 1. The molecule has 21 heavy (non-hydrogen) atoms. The summed E-state index contributed by atoms with van der Waals surface area (Å²) in [6, 6.07) is 7.42. The molecule has 1 aliphatic heterocycles. The van der Waals surface area contributed by atoms with Crippen molar-refractivity contribution in [1.29, 1.82) is 0 Å². The van der Waals surface area contributed by atoms with E-state index in [-0.39, 0.29) is 11.8 Å². The van der Waals surface area contributed by atoms with E-state index in [1.807, 2.05) is 29.2 Å². The lowest BCUT2D eigenvalue weighted by atomic mass is 10.1. The lowest BCUT2D eigenvalue weighted by Crippen LogP contribution is -2.36. The van der Waals surface area contributed by atoms with Crippen LogP contribution in [0.3, 0.4) is 0 Å². The minimum absolute atomic E-state index is 0.0226. The van der Waals surface area contributed by atoms with Crippen LogP contribution < -0.4 is 0 Å². The Morgan fingerprint density at radius 3 is 2.62 bits per heavy atom. The number of benzene rings is 1. The maximum absolute atomic E-state index is 12.3. The number of likely N-dealkylation sites (N-methyl/N-ethyl adjacent to an activating group) is 1. The van der Waals surface area contributed by atoms with Crippen molar-refractivity contribution < 1.29 is 14.3 Å². The summed E-state index contributed by atoms with van der Waals surface area (Å²) < 4.78 is 5.05. The zero-order chi connectivity index (χ0) is 15.2. The number of nitrogens with zero attached hydrogens (tertiary/aromatic N) is 2. The SMILES string of the molecule is COCc1ccc(C(=O)N(C)CCN2CCCC2=O)cc1. The summed E-state index contributed by atoms with van der Waals surface area (Å²) in [5.41, 5.74) is 1.70. The van der Waals surface area contributed by atoms with E-state index in [2.05, 4.69) is 0 Å². The van der Waals surface area contributed by atoms with E-state index in [0.717, 1.165) is 18.5 Å². The molecule has 1 aromatic rings. The van der Waals surface area contributed by atoms with Crippen LogP contribution >= 0.6 is 0 Å². The number of methoxy groups -OCH3 is 1. The molecule has 0 radical (unpaired) electrons. The first-order valence-corrected chi connectivity index (χ1v) is 7.23. The van der Waals surface area contributed by atoms with Gasteiger partial charge in [-0.05, 0) is 24.1 Å². The van der Waals surface area contributed by atoms with E-state index in [1.54, 1.807) is 19.1 Å². The van der Waals surface area contributed by atoms with Crippen molar-refractivity contribution >= 4 is 11.8 Å². The normalized spacial score (nSPS) is 14.6. The third-order valence-electron chi connectivity index (χ3n) is 3.74. The maximum Gasteiger partial charge on any atom is 0.253 e. The smallest absolute Gasteiger partial charge is 0.253 e. The van der Waals surface area contributed by atoms with Crippen LogP contribution in [-0.4, -0.2) is 55.4 Å². The molecule has 1 saturated heterocycles. The Kier molecular flexibility index (Phi) is 5.33. The number of ether oxygens (including phenoxy) is 1. The van der Waals surface area contributed by atoms with Crippen LogP contribution in [-0.2, 0) is 16.1 Å². The molecule has 0 saturated carbocycles. The zero-order valence-electron chi connectivity index (χ0n) is 12.7. The number of rotatable bonds is 6. The minimum Gasteiger partial charge on any atom is -0.380 e. The van der Waals surface area contributed by atoms with Crippen LogP contribution in [0.2, 0.25) is 0 Å². The van der Waals surface area contributed by atoms with Gasteiger partial charge in [-0.15, -0.1) is 0 Å². The first-order valence-electron chi connectivity index (χ1n) is 7.23. The van der Waals surface area contributed by atoms with E-state index in [4.69, 9.17) is 4.74 Å². The first kappa shape index (κ1) is 15.5. The van der Waals surface area contributed by atoms with Gasteiger partial charge in [0.15, 0.2) is 0 Å². The number of hydrogen-bond donors (Lipinski definition) is 0. The second kappa shape index (κ2) is 7.22. The predicted octanol–water partition coefficient (Wildman–Crippen LogP) is 1.53. The van der Waals surface area contributed by atoms with Crippen LogP contribution in [0.1, 0.15) is 28.8 Å². The van der Waals surface area contributed by atoms with Gasteiger partial charge in [0, 0.05) is 45.8 Å². The van der Waals surface area contributed by atoms with Crippen LogP contribution in [0.5, 0.6) is 0 Å². The van der Waals surface area contributed by atoms with E-state index in [9.17, 15) is 9.59 Å². The fraction of sp³-hybridized carbons (Fsp3) is 0.500. The molecule has 1 aliphatic rings. The Morgan fingerprint density at radius 2 is 2.05 bits per heavy atom. The van der Waals surface area contributed by atoms with Crippen molar-refractivity contribution in [2.24, 2.45) is 0 Å². The Morgan fingerprint density at radius 1 is 1.33 bits per heavy atom. The van der Waals surface area contributed by atoms with Crippen molar-refractivity contribution in [2.45, 2.75) is 19.4 Å². The summed E-state index contributed by atoms with van der Waals surface area (Å²) in [7, 11) is 3.42. The summed E-state index contributed by atoms with van der Waals surface area (Å²) in [5.74, 6) is 0.172. The Balaban J connectivity index is 1.87. The van der Waals surface area contributed by atoms with Crippen LogP contribution in [0.15, 0.2) is 24.3 Å². The van der Waals surface area contributed by atoms with Crippen molar-refractivity contribution in [2.75, 3.05) is 33.8 Å². The maximum atomic E-state index is 12.3. The Hall–Kier alpha value is -1.88. The molecule has 0 aliphatic carbocycles. The monoisotopic (exact) mass is 290 g/mol. The highest BCUT2D eigenvalue weighted by Crippen LogP contribution is 2.11. The lowest BCUT2D eigenvalue weighted by Gasteiger charge is -2.22. The quantitative estimate of drug-likeness (QED) is 0.798. The number of amides is 2. The summed E-state index contributed by atoms with van der Waals surface area (Å²) in [5, 5.41) is 0. The van der Waals surface area contributed by atoms with Crippen molar-refractivity contribution in [3.05, 3.63) is 35.4 Å². The molecule has 1 heterocycles. The second-order valence-electron chi connectivity index (χ2n) is 5.34. The molecular formula is C16H22N2O3. The molecule has 1 fully saturated rings. The Labute approximate surface area is 125 Å². The lowest BCUT2D eigenvalue weighted by molar-refractivity contribution is -0.127. The summed E-state index contributed by atoms with van der Waals surface area (Å²) >= 11 is 0. The number of hydrogen-bond acceptors (Lipinski definition) is 3. The number of carbonyl (C=O) groups excluding carboxylic acids is 2. The van der Waals surface area contributed by atoms with Crippen LogP contribution in [0.4, 0.5) is 0 Å². The summed E-state index contributed by atoms with van der Waals surface area (Å²) in [6.45, 7) is 2.53. The largest absolute Gasteiger partial charge is 0.380 e. The van der Waals surface area contributed by atoms with Gasteiger partial charge in [-0.1, -0.05) is 12.1 Å². The predicted molar refractivity (Wildman–Crippen MR) is 79.9 cm³/mol. The van der Waals surface area contributed by atoms with Gasteiger partial charge in [0.05, 0.1) is 6.61 Å². The Bertz CT molecular complexity index is 499. The molecule has 0 N–H and O–H groups in total. The second-order valence-corrected chi connectivity index (χ2v) is 5.34. The molecular weight excluding hydrogens is 268 g/mol. The highest BCUT2D eigenvalue weighted by Gasteiger charge is 2.21. The van der Waals surface area contributed by atoms with Crippen molar-refractivity contribution in [3.63, 3.8) is 0 Å². The van der Waals surface area contributed by atoms with Gasteiger partial charge in [-0.3, -0.25) is 9.59 Å².